The van der Waals surface area contributed by atoms with E-state index in [1.807, 2.05) is 37.3 Å². The Bertz CT molecular complexity index is 549. The van der Waals surface area contributed by atoms with Crippen LogP contribution in [0.15, 0.2) is 48.5 Å². The van der Waals surface area contributed by atoms with E-state index in [0.717, 1.165) is 5.75 Å². The number of ether oxygens (including phenoxy) is 1. The van der Waals surface area contributed by atoms with Crippen molar-refractivity contribution in [2.75, 3.05) is 6.61 Å². The van der Waals surface area contributed by atoms with E-state index >= 15 is 0 Å². The molecule has 2 heteroatoms. The molecule has 2 aromatic rings. The van der Waals surface area contributed by atoms with Crippen molar-refractivity contribution in [3.05, 3.63) is 65.2 Å². The van der Waals surface area contributed by atoms with Gasteiger partial charge in [0.25, 0.3) is 0 Å². The fraction of sp³-hybridized carbons (Fsp3) is 0.333. The maximum Gasteiger partial charge on any atom is 0.119 e. The minimum absolute atomic E-state index is 0.360. The number of aliphatic hydroxyl groups is 1. The van der Waals surface area contributed by atoms with Gasteiger partial charge in [-0.05, 0) is 43.5 Å². The van der Waals surface area contributed by atoms with Crippen molar-refractivity contribution in [2.24, 2.45) is 0 Å². The summed E-state index contributed by atoms with van der Waals surface area (Å²) in [6.45, 7) is 4.65. The lowest BCUT2D eigenvalue weighted by Crippen LogP contribution is -2.15. The highest BCUT2D eigenvalue weighted by Gasteiger charge is 2.06. The second kappa shape index (κ2) is 7.11. The third-order valence-corrected chi connectivity index (χ3v) is 3.26. The van der Waals surface area contributed by atoms with Gasteiger partial charge in [-0.3, -0.25) is 0 Å². The van der Waals surface area contributed by atoms with Gasteiger partial charge in [-0.25, -0.2) is 0 Å². The average Bonchev–Trinajstić information content (AvgIpc) is 2.38. The summed E-state index contributed by atoms with van der Waals surface area (Å²) in [4.78, 5) is 0. The minimum Gasteiger partial charge on any atom is -0.493 e. The summed E-state index contributed by atoms with van der Waals surface area (Å²) in [6, 6.07) is 16.2. The normalized spacial score (nSPS) is 12.2. The van der Waals surface area contributed by atoms with Crippen molar-refractivity contribution < 1.29 is 9.84 Å². The number of aryl methyl sites for hydroxylation is 2. The third kappa shape index (κ3) is 4.71. The molecule has 106 valence electrons. The van der Waals surface area contributed by atoms with Crippen LogP contribution in [-0.2, 0) is 6.42 Å². The van der Waals surface area contributed by atoms with Crippen molar-refractivity contribution in [1.29, 1.82) is 0 Å². The molecule has 2 rings (SSSR count). The van der Waals surface area contributed by atoms with Gasteiger partial charge in [0, 0.05) is 6.42 Å². The molecule has 0 fully saturated rings. The van der Waals surface area contributed by atoms with E-state index in [1.165, 1.54) is 16.7 Å². The van der Waals surface area contributed by atoms with Gasteiger partial charge < -0.3 is 9.84 Å². The van der Waals surface area contributed by atoms with Gasteiger partial charge in [-0.1, -0.05) is 42.0 Å². The van der Waals surface area contributed by atoms with Gasteiger partial charge in [-0.2, -0.15) is 0 Å². The van der Waals surface area contributed by atoms with Crippen LogP contribution < -0.4 is 4.74 Å². The predicted molar refractivity (Wildman–Crippen MR) is 82.2 cm³/mol. The molecule has 0 saturated carbocycles. The molecule has 1 N–H and O–H groups in total. The van der Waals surface area contributed by atoms with Gasteiger partial charge in [0.05, 0.1) is 12.7 Å². The van der Waals surface area contributed by atoms with Crippen LogP contribution in [0.25, 0.3) is 0 Å². The molecule has 1 unspecified atom stereocenters. The maximum absolute atomic E-state index is 10.0. The molecule has 20 heavy (non-hydrogen) atoms. The first kappa shape index (κ1) is 14.6. The third-order valence-electron chi connectivity index (χ3n) is 3.26. The van der Waals surface area contributed by atoms with Gasteiger partial charge in [-0.15, -0.1) is 0 Å². The quantitative estimate of drug-likeness (QED) is 0.867. The Morgan fingerprint density at radius 1 is 1.00 bits per heavy atom. The van der Waals surface area contributed by atoms with Crippen LogP contribution in [0.2, 0.25) is 0 Å². The zero-order valence-electron chi connectivity index (χ0n) is 12.2. The van der Waals surface area contributed by atoms with Crippen LogP contribution in [0.3, 0.4) is 0 Å². The van der Waals surface area contributed by atoms with Gasteiger partial charge in [0.2, 0.25) is 0 Å². The van der Waals surface area contributed by atoms with Crippen molar-refractivity contribution in [2.45, 2.75) is 32.8 Å². The van der Waals surface area contributed by atoms with Crippen LogP contribution >= 0.6 is 0 Å². The Balaban J connectivity index is 1.76. The molecule has 0 aliphatic carbocycles. The standard InChI is InChI=1S/C18H22O2/c1-14-5-3-7-16(11-14)13-17(19)9-10-20-18-8-4-6-15(2)12-18/h3-8,11-12,17,19H,9-10,13H2,1-2H3. The zero-order valence-corrected chi connectivity index (χ0v) is 12.2. The molecule has 0 aliphatic heterocycles. The van der Waals surface area contributed by atoms with Crippen molar-refractivity contribution >= 4 is 0 Å². The van der Waals surface area contributed by atoms with Gasteiger partial charge >= 0.3 is 0 Å². The largest absolute Gasteiger partial charge is 0.493 e. The Kier molecular flexibility index (Phi) is 5.19. The number of hydrogen-bond donors (Lipinski definition) is 1. The van der Waals surface area contributed by atoms with E-state index in [0.29, 0.717) is 19.4 Å². The topological polar surface area (TPSA) is 29.5 Å². The van der Waals surface area contributed by atoms with Crippen molar-refractivity contribution in [3.63, 3.8) is 0 Å². The Morgan fingerprint density at radius 2 is 1.70 bits per heavy atom. The lowest BCUT2D eigenvalue weighted by molar-refractivity contribution is 0.139. The summed E-state index contributed by atoms with van der Waals surface area (Å²) in [6.07, 6.45) is 0.961. The molecule has 0 amide bonds. The van der Waals surface area contributed by atoms with Gasteiger partial charge in [0.15, 0.2) is 0 Å². The lowest BCUT2D eigenvalue weighted by atomic mass is 10.0. The first-order chi connectivity index (χ1) is 9.63. The van der Waals surface area contributed by atoms with Crippen LogP contribution in [0.1, 0.15) is 23.1 Å². The molecule has 2 aromatic carbocycles. The van der Waals surface area contributed by atoms with Crippen LogP contribution in [0.4, 0.5) is 0 Å². The van der Waals surface area contributed by atoms with E-state index in [9.17, 15) is 5.11 Å². The Morgan fingerprint density at radius 3 is 2.40 bits per heavy atom. The fourth-order valence-electron chi connectivity index (χ4n) is 2.23. The molecule has 0 aliphatic rings. The predicted octanol–water partition coefficient (Wildman–Crippen LogP) is 3.68. The van der Waals surface area contributed by atoms with Gasteiger partial charge in [0.1, 0.15) is 5.75 Å². The molecule has 1 atom stereocenters. The summed E-state index contributed by atoms with van der Waals surface area (Å²) in [7, 11) is 0. The molecular weight excluding hydrogens is 248 g/mol. The molecule has 2 nitrogen and oxygen atoms in total. The van der Waals surface area contributed by atoms with E-state index in [4.69, 9.17) is 4.74 Å². The average molecular weight is 270 g/mol. The highest BCUT2D eigenvalue weighted by molar-refractivity contribution is 5.27. The van der Waals surface area contributed by atoms with E-state index in [2.05, 4.69) is 25.1 Å². The van der Waals surface area contributed by atoms with Crippen molar-refractivity contribution in [3.8, 4) is 5.75 Å². The number of benzene rings is 2. The Hall–Kier alpha value is -1.80. The summed E-state index contributed by atoms with van der Waals surface area (Å²) in [5, 5.41) is 10.0. The van der Waals surface area contributed by atoms with Crippen molar-refractivity contribution in [1.82, 2.24) is 0 Å². The summed E-state index contributed by atoms with van der Waals surface area (Å²) in [5.74, 6) is 0.868. The molecule has 0 saturated heterocycles. The monoisotopic (exact) mass is 270 g/mol. The summed E-state index contributed by atoms with van der Waals surface area (Å²) >= 11 is 0. The minimum atomic E-state index is -0.360. The highest BCUT2D eigenvalue weighted by Crippen LogP contribution is 2.14. The molecule has 0 aromatic heterocycles. The van der Waals surface area contributed by atoms with Crippen LogP contribution in [0, 0.1) is 13.8 Å². The first-order valence-electron chi connectivity index (χ1n) is 7.06. The molecular formula is C18H22O2. The molecule has 0 radical (unpaired) electrons. The molecule has 0 spiro atoms. The van der Waals surface area contributed by atoms with E-state index in [-0.39, 0.29) is 6.10 Å². The zero-order chi connectivity index (χ0) is 14.4. The van der Waals surface area contributed by atoms with Crippen LogP contribution in [0.5, 0.6) is 5.75 Å². The molecule has 0 bridgehead atoms. The smallest absolute Gasteiger partial charge is 0.119 e. The maximum atomic E-state index is 10.0. The number of rotatable bonds is 6. The second-order valence-electron chi connectivity index (χ2n) is 5.30. The summed E-state index contributed by atoms with van der Waals surface area (Å²) in [5.41, 5.74) is 3.58. The summed E-state index contributed by atoms with van der Waals surface area (Å²) < 4.78 is 5.66. The number of aliphatic hydroxyl groups excluding tert-OH is 1. The first-order valence-corrected chi connectivity index (χ1v) is 7.06. The lowest BCUT2D eigenvalue weighted by Gasteiger charge is -2.12. The number of hydrogen-bond acceptors (Lipinski definition) is 2. The Labute approximate surface area is 121 Å². The van der Waals surface area contributed by atoms with E-state index in [1.54, 1.807) is 0 Å². The fourth-order valence-corrected chi connectivity index (χ4v) is 2.23. The highest BCUT2D eigenvalue weighted by atomic mass is 16.5. The van der Waals surface area contributed by atoms with Crippen LogP contribution in [-0.4, -0.2) is 17.8 Å². The van der Waals surface area contributed by atoms with E-state index < -0.39 is 0 Å². The molecule has 0 heterocycles. The SMILES string of the molecule is Cc1cccc(CC(O)CCOc2cccc(C)c2)c1. The second-order valence-corrected chi connectivity index (χ2v) is 5.30.